The summed E-state index contributed by atoms with van der Waals surface area (Å²) >= 11 is 0. The molecule has 1 aromatic rings. The van der Waals surface area contributed by atoms with E-state index in [0.29, 0.717) is 36.0 Å². The van der Waals surface area contributed by atoms with Crippen molar-refractivity contribution in [3.63, 3.8) is 0 Å². The fraction of sp³-hybridized carbons (Fsp3) is 0.667. The summed E-state index contributed by atoms with van der Waals surface area (Å²) in [5.41, 5.74) is -0.0340. The fourth-order valence-electron chi connectivity index (χ4n) is 5.04. The van der Waals surface area contributed by atoms with E-state index >= 15 is 0 Å². The molecule has 0 aromatic carbocycles. The molecule has 1 aromatic heterocycles. The van der Waals surface area contributed by atoms with Crippen molar-refractivity contribution in [3.8, 4) is 0 Å². The highest BCUT2D eigenvalue weighted by Gasteiger charge is 2.55. The molecule has 5 amide bonds. The highest BCUT2D eigenvalue weighted by Crippen LogP contribution is 2.35. The number of likely N-dealkylation sites (tertiary alicyclic amines) is 1. The number of quaternary nitrogens is 1. The fourth-order valence-corrected chi connectivity index (χ4v) is 5.04. The van der Waals surface area contributed by atoms with Crippen molar-refractivity contribution < 1.29 is 33.4 Å². The van der Waals surface area contributed by atoms with Crippen LogP contribution < -0.4 is 5.32 Å². The molecule has 170 valence electrons. The lowest BCUT2D eigenvalue weighted by atomic mass is 9.91. The number of hydrogen-bond acceptors (Lipinski definition) is 7. The van der Waals surface area contributed by atoms with Crippen molar-refractivity contribution in [1.82, 2.24) is 15.5 Å². The van der Waals surface area contributed by atoms with Crippen LogP contribution in [0.25, 0.3) is 0 Å². The number of nitrogens with zero attached hydrogens (tertiary/aromatic N) is 3. The number of carbonyl (C=O) groups excluding carboxylic acids is 4. The van der Waals surface area contributed by atoms with E-state index in [1.165, 1.54) is 6.07 Å². The quantitative estimate of drug-likeness (QED) is 0.291. The number of amides is 5. The van der Waals surface area contributed by atoms with E-state index in [1.54, 1.807) is 6.92 Å². The predicted molar refractivity (Wildman–Crippen MR) is 108 cm³/mol. The largest absolute Gasteiger partial charge is 0.431 e. The van der Waals surface area contributed by atoms with Crippen LogP contribution in [0.3, 0.4) is 0 Å². The van der Waals surface area contributed by atoms with Gasteiger partial charge in [-0.1, -0.05) is 30.8 Å². The molecule has 2 heterocycles. The van der Waals surface area contributed by atoms with Gasteiger partial charge in [0, 0.05) is 18.9 Å². The van der Waals surface area contributed by atoms with Crippen LogP contribution >= 0.6 is 0 Å². The smallest absolute Gasteiger partial charge is 0.361 e. The van der Waals surface area contributed by atoms with E-state index in [2.05, 4.69) is 10.5 Å². The van der Waals surface area contributed by atoms with Crippen LogP contribution in [0, 0.1) is 18.8 Å². The van der Waals surface area contributed by atoms with Gasteiger partial charge in [0.2, 0.25) is 6.41 Å². The summed E-state index contributed by atoms with van der Waals surface area (Å²) in [6.45, 7) is 3.55. The molecule has 1 saturated heterocycles. The lowest BCUT2D eigenvalue weighted by molar-refractivity contribution is -0.786. The van der Waals surface area contributed by atoms with Crippen molar-refractivity contribution in [1.29, 1.82) is 0 Å². The zero-order chi connectivity index (χ0) is 22.6. The average Bonchev–Trinajstić information content (AvgIpc) is 3.48. The predicted octanol–water partition coefficient (Wildman–Crippen LogP) is 2.40. The van der Waals surface area contributed by atoms with Crippen LogP contribution in [-0.4, -0.2) is 63.3 Å². The maximum absolute atomic E-state index is 13.8. The third-order valence-electron chi connectivity index (χ3n) is 6.69. The van der Waals surface area contributed by atoms with Crippen molar-refractivity contribution in [3.05, 3.63) is 17.5 Å². The maximum Gasteiger partial charge on any atom is 0.431 e. The van der Waals surface area contributed by atoms with Gasteiger partial charge in [-0.15, -0.1) is 0 Å². The molecule has 2 aliphatic rings. The summed E-state index contributed by atoms with van der Waals surface area (Å²) in [6, 6.07) is 0.389. The van der Waals surface area contributed by atoms with E-state index in [0.717, 1.165) is 25.7 Å². The first-order valence-corrected chi connectivity index (χ1v) is 10.9. The second kappa shape index (κ2) is 9.69. The summed E-state index contributed by atoms with van der Waals surface area (Å²) in [5, 5.41) is 16.2. The summed E-state index contributed by atoms with van der Waals surface area (Å²) in [7, 11) is 0. The number of urea groups is 1. The van der Waals surface area contributed by atoms with Gasteiger partial charge >= 0.3 is 11.9 Å². The molecule has 0 radical (unpaired) electrons. The molecule has 1 aliphatic carbocycles. The monoisotopic (exact) mass is 435 g/mol. The van der Waals surface area contributed by atoms with Crippen LogP contribution in [0.15, 0.2) is 10.6 Å². The minimum absolute atomic E-state index is 0.0340. The Morgan fingerprint density at radius 3 is 2.58 bits per heavy atom. The van der Waals surface area contributed by atoms with Gasteiger partial charge < -0.3 is 4.52 Å². The lowest BCUT2D eigenvalue weighted by Gasteiger charge is -2.36. The van der Waals surface area contributed by atoms with E-state index in [4.69, 9.17) is 4.52 Å². The van der Waals surface area contributed by atoms with Gasteiger partial charge in [0.1, 0.15) is 11.8 Å². The Morgan fingerprint density at radius 1 is 1.32 bits per heavy atom. The molecular weight excluding hydrogens is 404 g/mol. The SMILES string of the molecule is Cc1cc(C(=O)NC(=O)[N+]2(C(=O)[C@H](CC3CCCC3)CN(O)C=O)CCC[C@H]2C)no1. The molecule has 2 N–H and O–H groups in total. The molecule has 0 spiro atoms. The normalized spacial score (nSPS) is 24.7. The van der Waals surface area contributed by atoms with Gasteiger partial charge in [-0.2, -0.15) is 4.48 Å². The van der Waals surface area contributed by atoms with Gasteiger partial charge in [-0.25, -0.2) is 20.0 Å². The Balaban J connectivity index is 1.85. The van der Waals surface area contributed by atoms with Gasteiger partial charge in [-0.05, 0) is 26.2 Å². The third-order valence-corrected chi connectivity index (χ3v) is 6.69. The zero-order valence-electron chi connectivity index (χ0n) is 18.1. The molecule has 1 saturated carbocycles. The highest BCUT2D eigenvalue weighted by molar-refractivity contribution is 6.03. The van der Waals surface area contributed by atoms with E-state index in [9.17, 15) is 24.4 Å². The van der Waals surface area contributed by atoms with Crippen LogP contribution in [0.2, 0.25) is 0 Å². The first-order valence-electron chi connectivity index (χ1n) is 10.9. The maximum atomic E-state index is 13.8. The van der Waals surface area contributed by atoms with Gasteiger partial charge in [0.05, 0.1) is 19.0 Å². The number of hydroxylamine groups is 2. The minimum atomic E-state index is -0.727. The Hall–Kier alpha value is -2.59. The Labute approximate surface area is 181 Å². The number of rotatable bonds is 7. The van der Waals surface area contributed by atoms with E-state index in [1.807, 2.05) is 6.92 Å². The molecular formula is C21H31N4O6+. The molecule has 10 heteroatoms. The molecule has 3 rings (SSSR count). The first kappa shape index (κ1) is 23.1. The van der Waals surface area contributed by atoms with Gasteiger partial charge in [-0.3, -0.25) is 14.8 Å². The summed E-state index contributed by atoms with van der Waals surface area (Å²) < 4.78 is 4.37. The lowest BCUT2D eigenvalue weighted by Crippen LogP contribution is -2.65. The van der Waals surface area contributed by atoms with E-state index < -0.39 is 22.3 Å². The molecule has 2 fully saturated rings. The zero-order valence-corrected chi connectivity index (χ0v) is 18.1. The van der Waals surface area contributed by atoms with Gasteiger partial charge in [0.25, 0.3) is 5.91 Å². The number of hydrogen-bond donors (Lipinski definition) is 2. The number of nitrogens with one attached hydrogen (secondary N) is 1. The summed E-state index contributed by atoms with van der Waals surface area (Å²) in [4.78, 5) is 50.6. The van der Waals surface area contributed by atoms with Crippen molar-refractivity contribution in [2.75, 3.05) is 13.1 Å². The molecule has 0 bridgehead atoms. The second-order valence-corrected chi connectivity index (χ2v) is 8.81. The number of aromatic nitrogens is 1. The first-order chi connectivity index (χ1) is 14.8. The van der Waals surface area contributed by atoms with Crippen LogP contribution in [0.4, 0.5) is 4.79 Å². The van der Waals surface area contributed by atoms with Crippen LogP contribution in [0.5, 0.6) is 0 Å². The Kier molecular flexibility index (Phi) is 7.22. The van der Waals surface area contributed by atoms with Crippen molar-refractivity contribution in [2.45, 2.75) is 64.8 Å². The Bertz CT molecular complexity index is 834. The van der Waals surface area contributed by atoms with Crippen molar-refractivity contribution >= 4 is 24.3 Å². The molecule has 10 nitrogen and oxygen atoms in total. The van der Waals surface area contributed by atoms with Crippen molar-refractivity contribution in [2.24, 2.45) is 11.8 Å². The highest BCUT2D eigenvalue weighted by atomic mass is 16.5. The summed E-state index contributed by atoms with van der Waals surface area (Å²) in [5.74, 6) is -1.04. The Morgan fingerprint density at radius 2 is 2.03 bits per heavy atom. The molecule has 1 aliphatic heterocycles. The van der Waals surface area contributed by atoms with Gasteiger partial charge in [0.15, 0.2) is 5.69 Å². The molecule has 3 atom stereocenters. The third kappa shape index (κ3) is 4.85. The molecule has 31 heavy (non-hydrogen) atoms. The minimum Gasteiger partial charge on any atom is -0.361 e. The average molecular weight is 436 g/mol. The van der Waals surface area contributed by atoms with E-state index in [-0.39, 0.29) is 37.1 Å². The standard InChI is InChI=1S/C21H30N4O6/c1-14-6-5-9-25(14,21(29)22-19(27)18-10-15(2)31-23-18)20(28)17(12-24(30)13-26)11-16-7-3-4-8-16/h10,13-14,16-17,30H,3-9,11-12H2,1-2H3/p+1/t14-,17-,25?/m1/s1. The topological polar surface area (TPSA) is 130 Å². The second-order valence-electron chi connectivity index (χ2n) is 8.81. The summed E-state index contributed by atoms with van der Waals surface area (Å²) in [6.07, 6.45) is 6.23. The number of carbonyl (C=O) groups is 4. The van der Waals surface area contributed by atoms with Crippen LogP contribution in [0.1, 0.15) is 68.1 Å². The molecule has 1 unspecified atom stereocenters. The number of aryl methyl sites for hydroxylation is 1. The number of imide groups is 2. The van der Waals surface area contributed by atoms with Crippen LogP contribution in [-0.2, 0) is 9.59 Å².